The van der Waals surface area contributed by atoms with Crippen molar-refractivity contribution in [3.05, 3.63) is 71.8 Å². The van der Waals surface area contributed by atoms with E-state index in [1.165, 1.54) is 0 Å². The minimum absolute atomic E-state index is 0.0614. The maximum absolute atomic E-state index is 13.3. The molecule has 0 saturated carbocycles. The Hall–Kier alpha value is -4.25. The van der Waals surface area contributed by atoms with Gasteiger partial charge >= 0.3 is 11.9 Å². The number of hydrogen-bond acceptors (Lipinski definition) is 6. The van der Waals surface area contributed by atoms with E-state index >= 15 is 0 Å². The van der Waals surface area contributed by atoms with Gasteiger partial charge in [0, 0.05) is 13.0 Å². The molecule has 3 amide bonds. The fraction of sp³-hybridized carbons (Fsp3) is 0.370. The monoisotopic (exact) mass is 524 g/mol. The Morgan fingerprint density at radius 1 is 0.842 bits per heavy atom. The number of benzene rings is 2. The van der Waals surface area contributed by atoms with Crippen molar-refractivity contribution < 1.29 is 34.2 Å². The molecule has 1 saturated heterocycles. The number of nitrogens with zero attached hydrogens (tertiary/aromatic N) is 1. The quantitative estimate of drug-likeness (QED) is 0.263. The minimum Gasteiger partial charge on any atom is -0.481 e. The van der Waals surface area contributed by atoms with E-state index in [-0.39, 0.29) is 25.8 Å². The molecule has 1 aliphatic heterocycles. The van der Waals surface area contributed by atoms with Crippen LogP contribution in [0.4, 0.5) is 0 Å². The van der Waals surface area contributed by atoms with Gasteiger partial charge in [-0.05, 0) is 30.4 Å². The first-order valence-electron chi connectivity index (χ1n) is 12.3. The van der Waals surface area contributed by atoms with E-state index in [0.717, 1.165) is 16.0 Å². The van der Waals surface area contributed by atoms with Gasteiger partial charge in [-0.1, -0.05) is 60.7 Å². The third-order valence-corrected chi connectivity index (χ3v) is 6.37. The molecule has 0 bridgehead atoms. The number of hydrogen-bond donors (Lipinski definition) is 5. The molecule has 2 aromatic carbocycles. The molecular weight excluding hydrogens is 492 g/mol. The van der Waals surface area contributed by atoms with Crippen LogP contribution in [-0.2, 0) is 36.8 Å². The molecule has 4 atom stereocenters. The molecule has 11 nitrogen and oxygen atoms in total. The number of nitrogens with one attached hydrogen (secondary N) is 2. The van der Waals surface area contributed by atoms with Gasteiger partial charge in [0.2, 0.25) is 17.7 Å². The lowest BCUT2D eigenvalue weighted by molar-refractivity contribution is -0.150. The first-order valence-corrected chi connectivity index (χ1v) is 12.3. The van der Waals surface area contributed by atoms with Gasteiger partial charge in [-0.2, -0.15) is 0 Å². The summed E-state index contributed by atoms with van der Waals surface area (Å²) in [5.41, 5.74) is 7.65. The maximum atomic E-state index is 13.3. The maximum Gasteiger partial charge on any atom is 0.326 e. The fourth-order valence-electron chi connectivity index (χ4n) is 4.43. The molecule has 0 spiro atoms. The van der Waals surface area contributed by atoms with E-state index in [0.29, 0.717) is 6.42 Å². The summed E-state index contributed by atoms with van der Waals surface area (Å²) in [7, 11) is 0. The zero-order valence-electron chi connectivity index (χ0n) is 20.8. The number of likely N-dealkylation sites (tertiary alicyclic amines) is 1. The van der Waals surface area contributed by atoms with Gasteiger partial charge < -0.3 is 31.5 Å². The van der Waals surface area contributed by atoms with Gasteiger partial charge in [0.15, 0.2) is 0 Å². The second-order valence-electron chi connectivity index (χ2n) is 9.23. The fourth-order valence-corrected chi connectivity index (χ4v) is 4.43. The van der Waals surface area contributed by atoms with E-state index in [1.807, 2.05) is 30.3 Å². The molecule has 0 aromatic heterocycles. The van der Waals surface area contributed by atoms with Crippen LogP contribution in [0.3, 0.4) is 0 Å². The van der Waals surface area contributed by atoms with Crippen LogP contribution in [0.15, 0.2) is 60.7 Å². The van der Waals surface area contributed by atoms with Crippen molar-refractivity contribution >= 4 is 29.7 Å². The van der Waals surface area contributed by atoms with Crippen molar-refractivity contribution in [3.63, 3.8) is 0 Å². The van der Waals surface area contributed by atoms with Gasteiger partial charge in [0.25, 0.3) is 0 Å². The summed E-state index contributed by atoms with van der Waals surface area (Å²) in [5.74, 6) is -4.70. The number of carbonyl (C=O) groups excluding carboxylic acids is 3. The lowest BCUT2D eigenvalue weighted by Crippen LogP contribution is -2.58. The van der Waals surface area contributed by atoms with Crippen LogP contribution in [0.1, 0.15) is 30.4 Å². The highest BCUT2D eigenvalue weighted by molar-refractivity contribution is 5.96. The molecule has 202 valence electrons. The number of aliphatic carboxylic acids is 2. The van der Waals surface area contributed by atoms with Crippen LogP contribution in [-0.4, -0.2) is 75.5 Å². The minimum atomic E-state index is -1.51. The summed E-state index contributed by atoms with van der Waals surface area (Å²) in [4.78, 5) is 63.5. The normalized spacial score (nSPS) is 17.2. The first-order chi connectivity index (χ1) is 18.2. The Morgan fingerprint density at radius 3 is 1.95 bits per heavy atom. The Balaban J connectivity index is 1.77. The standard InChI is InChI=1S/C27H32N4O7/c28-19(14-17-8-3-1-4-9-17)24(34)29-20(15-18-10-5-2-6-11-18)25(35)30-21(16-23(32)33)26(36)31-13-7-12-22(31)27(37)38/h1-6,8-11,19-22H,7,12-16,28H2,(H,29,34)(H,30,35)(H,32,33)(H,37,38). The number of amides is 3. The van der Waals surface area contributed by atoms with E-state index in [2.05, 4.69) is 10.6 Å². The van der Waals surface area contributed by atoms with Crippen molar-refractivity contribution in [2.75, 3.05) is 6.54 Å². The Labute approximate surface area is 220 Å². The predicted molar refractivity (Wildman–Crippen MR) is 137 cm³/mol. The molecule has 1 heterocycles. The third kappa shape index (κ3) is 7.87. The Morgan fingerprint density at radius 2 is 1.39 bits per heavy atom. The molecule has 1 aliphatic rings. The summed E-state index contributed by atoms with van der Waals surface area (Å²) in [6.45, 7) is 0.139. The molecule has 0 radical (unpaired) electrons. The van der Waals surface area contributed by atoms with Gasteiger partial charge in [-0.25, -0.2) is 4.79 Å². The summed E-state index contributed by atoms with van der Waals surface area (Å²) < 4.78 is 0. The third-order valence-electron chi connectivity index (χ3n) is 6.37. The second-order valence-corrected chi connectivity index (χ2v) is 9.23. The van der Waals surface area contributed by atoms with Crippen LogP contribution < -0.4 is 16.4 Å². The van der Waals surface area contributed by atoms with Crippen molar-refractivity contribution in [3.8, 4) is 0 Å². The molecule has 1 fully saturated rings. The molecule has 2 aromatic rings. The highest BCUT2D eigenvalue weighted by Gasteiger charge is 2.39. The molecular formula is C27H32N4O7. The van der Waals surface area contributed by atoms with Crippen molar-refractivity contribution in [2.45, 2.75) is 56.3 Å². The largest absolute Gasteiger partial charge is 0.481 e. The molecule has 0 aliphatic carbocycles. The van der Waals surface area contributed by atoms with Gasteiger partial charge in [-0.15, -0.1) is 0 Å². The molecule has 11 heteroatoms. The molecule has 38 heavy (non-hydrogen) atoms. The van der Waals surface area contributed by atoms with Crippen molar-refractivity contribution in [2.24, 2.45) is 5.73 Å². The average molecular weight is 525 g/mol. The van der Waals surface area contributed by atoms with Crippen LogP contribution >= 0.6 is 0 Å². The topological polar surface area (TPSA) is 179 Å². The van der Waals surface area contributed by atoms with Crippen molar-refractivity contribution in [1.82, 2.24) is 15.5 Å². The number of nitrogens with two attached hydrogens (primary N) is 1. The Kier molecular flexibility index (Phi) is 9.94. The number of carbonyl (C=O) groups is 5. The smallest absolute Gasteiger partial charge is 0.326 e. The molecule has 6 N–H and O–H groups in total. The van der Waals surface area contributed by atoms with E-state index < -0.39 is 60.2 Å². The van der Waals surface area contributed by atoms with Crippen molar-refractivity contribution in [1.29, 1.82) is 0 Å². The summed E-state index contributed by atoms with van der Waals surface area (Å²) >= 11 is 0. The van der Waals surface area contributed by atoms with E-state index in [9.17, 15) is 34.2 Å². The summed E-state index contributed by atoms with van der Waals surface area (Å²) in [6, 6.07) is 13.3. The van der Waals surface area contributed by atoms with Crippen LogP contribution in [0.5, 0.6) is 0 Å². The van der Waals surface area contributed by atoms with Gasteiger partial charge in [0.1, 0.15) is 18.1 Å². The molecule has 4 unspecified atom stereocenters. The highest BCUT2D eigenvalue weighted by atomic mass is 16.4. The first kappa shape index (κ1) is 28.3. The van der Waals surface area contributed by atoms with Crippen LogP contribution in [0.2, 0.25) is 0 Å². The number of rotatable bonds is 12. The van der Waals surface area contributed by atoms with Gasteiger partial charge in [-0.3, -0.25) is 19.2 Å². The summed E-state index contributed by atoms with van der Waals surface area (Å²) in [5, 5.41) is 23.9. The van der Waals surface area contributed by atoms with E-state index in [4.69, 9.17) is 5.73 Å². The lowest BCUT2D eigenvalue weighted by atomic mass is 10.0. The molecule has 3 rings (SSSR count). The zero-order chi connectivity index (χ0) is 27.7. The van der Waals surface area contributed by atoms with E-state index in [1.54, 1.807) is 30.3 Å². The number of carboxylic acids is 2. The average Bonchev–Trinajstić information content (AvgIpc) is 3.39. The highest BCUT2D eigenvalue weighted by Crippen LogP contribution is 2.19. The lowest BCUT2D eigenvalue weighted by Gasteiger charge is -2.28. The van der Waals surface area contributed by atoms with Crippen LogP contribution in [0.25, 0.3) is 0 Å². The van der Waals surface area contributed by atoms with Gasteiger partial charge in [0.05, 0.1) is 12.5 Å². The SMILES string of the molecule is NC(Cc1ccccc1)C(=O)NC(Cc1ccccc1)C(=O)NC(CC(=O)O)C(=O)N1CCCC1C(=O)O. The predicted octanol–water partition coefficient (Wildman–Crippen LogP) is 0.319. The zero-order valence-corrected chi connectivity index (χ0v) is 20.8. The Bertz CT molecular complexity index is 1140. The number of carboxylic acid groups (broad SMARTS) is 2. The second kappa shape index (κ2) is 13.3. The summed E-state index contributed by atoms with van der Waals surface area (Å²) in [6.07, 6.45) is 0.236. The van der Waals surface area contributed by atoms with Crippen LogP contribution in [0, 0.1) is 0 Å².